The van der Waals surface area contributed by atoms with Gasteiger partial charge in [-0.2, -0.15) is 0 Å². The molecular weight excluding hydrogens is 358 g/mol. The molecule has 150 valence electrons. The van der Waals surface area contributed by atoms with Crippen LogP contribution in [0.25, 0.3) is 0 Å². The molecule has 0 spiro atoms. The molecule has 28 heavy (non-hydrogen) atoms. The number of rotatable bonds is 8. The SMILES string of the molecule is Cc1cc(C(=O)N(CCC(=O)NCc2ccncc2)CC2CCCO2)c(C)o1. The predicted molar refractivity (Wildman–Crippen MR) is 104 cm³/mol. The Hall–Kier alpha value is -2.67. The Bertz CT molecular complexity index is 797. The van der Waals surface area contributed by atoms with Gasteiger partial charge >= 0.3 is 0 Å². The van der Waals surface area contributed by atoms with E-state index < -0.39 is 0 Å². The van der Waals surface area contributed by atoms with Gasteiger partial charge in [0.2, 0.25) is 5.91 Å². The number of hydrogen-bond acceptors (Lipinski definition) is 5. The minimum Gasteiger partial charge on any atom is -0.466 e. The maximum absolute atomic E-state index is 13.0. The van der Waals surface area contributed by atoms with Crippen LogP contribution in [0.2, 0.25) is 0 Å². The molecule has 0 aliphatic carbocycles. The van der Waals surface area contributed by atoms with Crippen molar-refractivity contribution in [2.45, 2.75) is 45.8 Å². The van der Waals surface area contributed by atoms with Crippen LogP contribution in [0.4, 0.5) is 0 Å². The normalized spacial score (nSPS) is 16.1. The first-order chi connectivity index (χ1) is 13.5. The van der Waals surface area contributed by atoms with Crippen LogP contribution >= 0.6 is 0 Å². The third-order valence-corrected chi connectivity index (χ3v) is 4.85. The summed E-state index contributed by atoms with van der Waals surface area (Å²) < 4.78 is 11.2. The molecule has 3 rings (SSSR count). The molecule has 0 saturated carbocycles. The Labute approximate surface area is 165 Å². The van der Waals surface area contributed by atoms with Gasteiger partial charge in [-0.1, -0.05) is 0 Å². The largest absolute Gasteiger partial charge is 0.466 e. The summed E-state index contributed by atoms with van der Waals surface area (Å²) in [7, 11) is 0. The molecule has 0 bridgehead atoms. The van der Waals surface area contributed by atoms with E-state index in [1.165, 1.54) is 0 Å². The molecule has 7 nitrogen and oxygen atoms in total. The average molecular weight is 385 g/mol. The van der Waals surface area contributed by atoms with Gasteiger partial charge < -0.3 is 19.4 Å². The van der Waals surface area contributed by atoms with Gasteiger partial charge in [-0.25, -0.2) is 0 Å². The summed E-state index contributed by atoms with van der Waals surface area (Å²) >= 11 is 0. The Morgan fingerprint density at radius 2 is 2.07 bits per heavy atom. The van der Waals surface area contributed by atoms with Crippen molar-refractivity contribution < 1.29 is 18.7 Å². The van der Waals surface area contributed by atoms with Crippen molar-refractivity contribution in [3.05, 3.63) is 53.2 Å². The highest BCUT2D eigenvalue weighted by molar-refractivity contribution is 5.95. The minimum absolute atomic E-state index is 0.0251. The third-order valence-electron chi connectivity index (χ3n) is 4.85. The Morgan fingerprint density at radius 1 is 1.29 bits per heavy atom. The zero-order valence-electron chi connectivity index (χ0n) is 16.4. The van der Waals surface area contributed by atoms with Gasteiger partial charge in [0.1, 0.15) is 11.5 Å². The molecule has 0 aromatic carbocycles. The number of aryl methyl sites for hydroxylation is 2. The number of furan rings is 1. The Kier molecular flexibility index (Phi) is 6.81. The van der Waals surface area contributed by atoms with Crippen molar-refractivity contribution >= 4 is 11.8 Å². The van der Waals surface area contributed by atoms with E-state index in [1.54, 1.807) is 30.3 Å². The van der Waals surface area contributed by atoms with Crippen LogP contribution in [0.15, 0.2) is 35.0 Å². The first kappa shape index (κ1) is 20.1. The van der Waals surface area contributed by atoms with Crippen molar-refractivity contribution in [3.8, 4) is 0 Å². The van der Waals surface area contributed by atoms with Gasteiger partial charge in [-0.05, 0) is 50.5 Å². The van der Waals surface area contributed by atoms with Gasteiger partial charge in [0.05, 0.1) is 11.7 Å². The van der Waals surface area contributed by atoms with E-state index in [2.05, 4.69) is 10.3 Å². The molecule has 1 atom stereocenters. The fourth-order valence-corrected chi connectivity index (χ4v) is 3.35. The van der Waals surface area contributed by atoms with E-state index in [4.69, 9.17) is 9.15 Å². The summed E-state index contributed by atoms with van der Waals surface area (Å²) in [5.74, 6) is 1.09. The number of carbonyl (C=O) groups is 2. The zero-order valence-corrected chi connectivity index (χ0v) is 16.4. The van der Waals surface area contributed by atoms with E-state index in [9.17, 15) is 9.59 Å². The van der Waals surface area contributed by atoms with Crippen LogP contribution in [-0.2, 0) is 16.1 Å². The Morgan fingerprint density at radius 3 is 2.71 bits per heavy atom. The van der Waals surface area contributed by atoms with Gasteiger partial charge in [0.15, 0.2) is 0 Å². The highest BCUT2D eigenvalue weighted by Gasteiger charge is 2.26. The lowest BCUT2D eigenvalue weighted by atomic mass is 10.1. The molecule has 1 saturated heterocycles. The molecule has 1 unspecified atom stereocenters. The first-order valence-electron chi connectivity index (χ1n) is 9.66. The molecule has 1 aliphatic heterocycles. The van der Waals surface area contributed by atoms with Crippen LogP contribution in [-0.4, -0.2) is 47.5 Å². The molecule has 0 radical (unpaired) electrons. The standard InChI is InChI=1S/C21H27N3O4/c1-15-12-19(16(2)28-15)21(26)24(14-18-4-3-11-27-18)10-7-20(25)23-13-17-5-8-22-9-6-17/h5-6,8-9,12,18H,3-4,7,10-11,13-14H2,1-2H3,(H,23,25). The van der Waals surface area contributed by atoms with Crippen LogP contribution in [0, 0.1) is 13.8 Å². The molecule has 7 heteroatoms. The molecule has 1 aliphatic rings. The second kappa shape index (κ2) is 9.50. The summed E-state index contributed by atoms with van der Waals surface area (Å²) in [6, 6.07) is 5.47. The van der Waals surface area contributed by atoms with Gasteiger partial charge in [0, 0.05) is 45.1 Å². The summed E-state index contributed by atoms with van der Waals surface area (Å²) in [6.07, 6.45) is 5.58. The number of amides is 2. The van der Waals surface area contributed by atoms with E-state index in [1.807, 2.05) is 19.1 Å². The summed E-state index contributed by atoms with van der Waals surface area (Å²) in [4.78, 5) is 31.0. The fourth-order valence-electron chi connectivity index (χ4n) is 3.35. The molecule has 1 fully saturated rings. The maximum atomic E-state index is 13.0. The van der Waals surface area contributed by atoms with Crippen LogP contribution in [0.3, 0.4) is 0 Å². The molecule has 1 N–H and O–H groups in total. The number of nitrogens with zero attached hydrogens (tertiary/aromatic N) is 2. The first-order valence-corrected chi connectivity index (χ1v) is 9.66. The van der Waals surface area contributed by atoms with Crippen molar-refractivity contribution in [1.29, 1.82) is 0 Å². The number of ether oxygens (including phenoxy) is 1. The van der Waals surface area contributed by atoms with Crippen molar-refractivity contribution in [2.75, 3.05) is 19.7 Å². The van der Waals surface area contributed by atoms with E-state index in [-0.39, 0.29) is 24.3 Å². The predicted octanol–water partition coefficient (Wildman–Crippen LogP) is 2.62. The Balaban J connectivity index is 1.59. The topological polar surface area (TPSA) is 84.7 Å². The van der Waals surface area contributed by atoms with Gasteiger partial charge in [0.25, 0.3) is 5.91 Å². The van der Waals surface area contributed by atoms with E-state index in [0.29, 0.717) is 36.7 Å². The quantitative estimate of drug-likeness (QED) is 0.755. The van der Waals surface area contributed by atoms with Crippen LogP contribution < -0.4 is 5.32 Å². The second-order valence-corrected chi connectivity index (χ2v) is 7.10. The molecule has 2 aromatic heterocycles. The third kappa shape index (κ3) is 5.42. The van der Waals surface area contributed by atoms with E-state index in [0.717, 1.165) is 25.0 Å². The lowest BCUT2D eigenvalue weighted by Gasteiger charge is -2.25. The fraction of sp³-hybridized carbons (Fsp3) is 0.476. The average Bonchev–Trinajstić information content (AvgIpc) is 3.32. The zero-order chi connectivity index (χ0) is 19.9. The van der Waals surface area contributed by atoms with Crippen molar-refractivity contribution in [3.63, 3.8) is 0 Å². The van der Waals surface area contributed by atoms with Crippen LogP contribution in [0.1, 0.15) is 46.7 Å². The number of pyridine rings is 1. The number of hydrogen-bond donors (Lipinski definition) is 1. The summed E-state index contributed by atoms with van der Waals surface area (Å²) in [5, 5.41) is 2.89. The highest BCUT2D eigenvalue weighted by Crippen LogP contribution is 2.19. The number of aromatic nitrogens is 1. The molecule has 2 aromatic rings. The maximum Gasteiger partial charge on any atom is 0.257 e. The lowest BCUT2D eigenvalue weighted by Crippen LogP contribution is -2.40. The van der Waals surface area contributed by atoms with Gasteiger partial charge in [-0.15, -0.1) is 0 Å². The summed E-state index contributed by atoms with van der Waals surface area (Å²) in [6.45, 7) is 5.60. The van der Waals surface area contributed by atoms with Crippen molar-refractivity contribution in [2.24, 2.45) is 0 Å². The molecular formula is C21H27N3O4. The second-order valence-electron chi connectivity index (χ2n) is 7.10. The van der Waals surface area contributed by atoms with Crippen LogP contribution in [0.5, 0.6) is 0 Å². The molecule has 2 amide bonds. The highest BCUT2D eigenvalue weighted by atomic mass is 16.5. The van der Waals surface area contributed by atoms with E-state index >= 15 is 0 Å². The molecule has 3 heterocycles. The number of carbonyl (C=O) groups excluding carboxylic acids is 2. The minimum atomic E-state index is -0.119. The lowest BCUT2D eigenvalue weighted by molar-refractivity contribution is -0.121. The monoisotopic (exact) mass is 385 g/mol. The summed E-state index contributed by atoms with van der Waals surface area (Å²) in [5.41, 5.74) is 1.54. The smallest absolute Gasteiger partial charge is 0.257 e. The number of nitrogens with one attached hydrogen (secondary N) is 1. The van der Waals surface area contributed by atoms with Gasteiger partial charge in [-0.3, -0.25) is 14.6 Å². The van der Waals surface area contributed by atoms with Crippen molar-refractivity contribution in [1.82, 2.24) is 15.2 Å².